The summed E-state index contributed by atoms with van der Waals surface area (Å²) < 4.78 is 31.9. The second kappa shape index (κ2) is 22.7. The van der Waals surface area contributed by atoms with Crippen LogP contribution < -0.4 is 9.47 Å². The number of benzene rings is 4. The average molecular weight is 755 g/mol. The first-order valence-electron chi connectivity index (χ1n) is 17.4. The van der Waals surface area contributed by atoms with E-state index in [1.165, 1.54) is 43.3 Å². The Morgan fingerprint density at radius 3 is 1.45 bits per heavy atom. The van der Waals surface area contributed by atoms with Crippen molar-refractivity contribution in [3.63, 3.8) is 0 Å². The summed E-state index contributed by atoms with van der Waals surface area (Å²) in [7, 11) is 0. The molecule has 0 aliphatic rings. The molecule has 0 aliphatic carbocycles. The molecule has 0 heterocycles. The summed E-state index contributed by atoms with van der Waals surface area (Å²) >= 11 is 0. The Morgan fingerprint density at radius 1 is 0.600 bits per heavy atom. The minimum Gasteiger partial charge on any atom is -0.507 e. The van der Waals surface area contributed by atoms with Gasteiger partial charge in [0.1, 0.15) is 42.8 Å². The van der Waals surface area contributed by atoms with Crippen molar-refractivity contribution in [1.29, 1.82) is 0 Å². The molecule has 0 saturated heterocycles. The maximum Gasteiger partial charge on any atom is 0.333 e. The maximum absolute atomic E-state index is 12.7. The van der Waals surface area contributed by atoms with E-state index in [0.29, 0.717) is 43.1 Å². The first-order valence-corrected chi connectivity index (χ1v) is 17.4. The fraction of sp³-hybridized carbons (Fsp3) is 0.256. The number of phenols is 2. The summed E-state index contributed by atoms with van der Waals surface area (Å²) in [6.07, 6.45) is -0.903. The first kappa shape index (κ1) is 43.2. The molecule has 290 valence electrons. The Kier molecular flexibility index (Phi) is 17.9. The van der Waals surface area contributed by atoms with Gasteiger partial charge in [-0.15, -0.1) is 0 Å². The van der Waals surface area contributed by atoms with Crippen LogP contribution in [0, 0.1) is 0 Å². The van der Waals surface area contributed by atoms with Crippen molar-refractivity contribution in [2.75, 3.05) is 46.2 Å². The molecule has 0 atom stereocenters. The lowest BCUT2D eigenvalue weighted by molar-refractivity contribution is -0.147. The van der Waals surface area contributed by atoms with Gasteiger partial charge in [-0.25, -0.2) is 9.59 Å². The highest BCUT2D eigenvalue weighted by molar-refractivity contribution is 6.11. The lowest BCUT2D eigenvalue weighted by Gasteiger charge is -2.20. The van der Waals surface area contributed by atoms with Crippen molar-refractivity contribution in [2.45, 2.75) is 26.9 Å². The van der Waals surface area contributed by atoms with E-state index >= 15 is 0 Å². The predicted molar refractivity (Wildman–Crippen MR) is 205 cm³/mol. The molecule has 0 spiro atoms. The normalized spacial score (nSPS) is 10.4. The van der Waals surface area contributed by atoms with Crippen molar-refractivity contribution in [1.82, 2.24) is 0 Å². The molecule has 0 fully saturated rings. The Hall–Kier alpha value is -6.24. The molecule has 0 bridgehead atoms. The monoisotopic (exact) mass is 754 g/mol. The van der Waals surface area contributed by atoms with Gasteiger partial charge < -0.3 is 38.6 Å². The molecule has 55 heavy (non-hydrogen) atoms. The SMILES string of the molecule is C=C(C)C(=O)OC(COc1ccc(C(=O)c2ccccc2)c(O)c1)COc1ccc(C(=O)c2ccccc2)c(O)c1.C=C(C)C(=O)OCCOCCOCC. The van der Waals surface area contributed by atoms with Gasteiger partial charge in [-0.1, -0.05) is 73.8 Å². The van der Waals surface area contributed by atoms with E-state index < -0.39 is 12.1 Å². The van der Waals surface area contributed by atoms with E-state index in [-0.39, 0.29) is 77.1 Å². The number of carbonyl (C=O) groups is 4. The molecule has 4 aromatic carbocycles. The smallest absolute Gasteiger partial charge is 0.333 e. The summed E-state index contributed by atoms with van der Waals surface area (Å²) in [6.45, 7) is 14.2. The highest BCUT2D eigenvalue weighted by Crippen LogP contribution is 2.28. The molecule has 2 N–H and O–H groups in total. The van der Waals surface area contributed by atoms with E-state index in [1.54, 1.807) is 67.6 Å². The molecule has 0 unspecified atom stereocenters. The van der Waals surface area contributed by atoms with Gasteiger partial charge in [0, 0.05) is 41.0 Å². The number of ether oxygens (including phenoxy) is 6. The van der Waals surface area contributed by atoms with Crippen LogP contribution in [0.4, 0.5) is 0 Å². The van der Waals surface area contributed by atoms with Crippen LogP contribution >= 0.6 is 0 Å². The number of hydrogen-bond acceptors (Lipinski definition) is 12. The van der Waals surface area contributed by atoms with Crippen LogP contribution in [0.3, 0.4) is 0 Å². The average Bonchev–Trinajstić information content (AvgIpc) is 3.18. The third kappa shape index (κ3) is 14.6. The summed E-state index contributed by atoms with van der Waals surface area (Å²) in [5.74, 6) is -1.74. The van der Waals surface area contributed by atoms with Crippen LogP contribution in [0.15, 0.2) is 121 Å². The lowest BCUT2D eigenvalue weighted by atomic mass is 10.0. The molecule has 0 aromatic heterocycles. The fourth-order valence-electron chi connectivity index (χ4n) is 4.50. The number of phenolic OH excluding ortho intramolecular Hbond substituents is 2. The molecular formula is C43H46O12. The van der Waals surface area contributed by atoms with Crippen LogP contribution in [0.5, 0.6) is 23.0 Å². The second-order valence-electron chi connectivity index (χ2n) is 11.9. The van der Waals surface area contributed by atoms with Gasteiger partial charge in [0.2, 0.25) is 0 Å². The Balaban J connectivity index is 0.000000493. The highest BCUT2D eigenvalue weighted by Gasteiger charge is 2.20. The number of carbonyl (C=O) groups excluding carboxylic acids is 4. The summed E-state index contributed by atoms with van der Waals surface area (Å²) in [4.78, 5) is 48.4. The quantitative estimate of drug-likeness (QED) is 0.0427. The minimum atomic E-state index is -0.903. The van der Waals surface area contributed by atoms with Crippen LogP contribution in [-0.2, 0) is 28.5 Å². The van der Waals surface area contributed by atoms with E-state index in [0.717, 1.165) is 0 Å². The standard InChI is InChI=1S/C33H28O8.C10H18O4/c1-21(2)33(38)41-26(19-39-24-13-15-27(29(34)17-24)31(36)22-9-5-3-6-10-22)20-40-25-14-16-28(30(35)18-25)32(37)23-11-7-4-8-12-23;1-4-12-5-6-13-7-8-14-10(11)9(2)3/h3-18,26,34-35H,1,19-20H2,2H3;2,4-8H2,1,3H3. The molecule has 0 amide bonds. The number of aromatic hydroxyl groups is 2. The van der Waals surface area contributed by atoms with Crippen LogP contribution in [-0.4, -0.2) is 86.1 Å². The maximum atomic E-state index is 12.7. The molecule has 4 aromatic rings. The lowest BCUT2D eigenvalue weighted by Crippen LogP contribution is -2.31. The molecular weight excluding hydrogens is 708 g/mol. The topological polar surface area (TPSA) is 164 Å². The minimum absolute atomic E-state index is 0.117. The van der Waals surface area contributed by atoms with E-state index in [9.17, 15) is 29.4 Å². The van der Waals surface area contributed by atoms with Crippen molar-refractivity contribution >= 4 is 23.5 Å². The predicted octanol–water partition coefficient (Wildman–Crippen LogP) is 6.66. The van der Waals surface area contributed by atoms with E-state index in [1.807, 2.05) is 6.92 Å². The number of rotatable bonds is 20. The number of hydrogen-bond donors (Lipinski definition) is 2. The van der Waals surface area contributed by atoms with Gasteiger partial charge in [-0.3, -0.25) is 9.59 Å². The molecule has 0 aliphatic heterocycles. The van der Waals surface area contributed by atoms with Crippen molar-refractivity contribution in [3.8, 4) is 23.0 Å². The van der Waals surface area contributed by atoms with Crippen LogP contribution in [0.25, 0.3) is 0 Å². The summed E-state index contributed by atoms with van der Waals surface area (Å²) in [5, 5.41) is 20.9. The zero-order valence-electron chi connectivity index (χ0n) is 31.2. The Bertz CT molecular complexity index is 1800. The molecule has 0 radical (unpaired) electrons. The second-order valence-corrected chi connectivity index (χ2v) is 11.9. The summed E-state index contributed by atoms with van der Waals surface area (Å²) in [6, 6.07) is 25.7. The Morgan fingerprint density at radius 2 is 1.04 bits per heavy atom. The van der Waals surface area contributed by atoms with Crippen LogP contribution in [0.2, 0.25) is 0 Å². The number of esters is 2. The third-order valence-corrected chi connectivity index (χ3v) is 7.38. The highest BCUT2D eigenvalue weighted by atomic mass is 16.6. The molecule has 0 saturated carbocycles. The van der Waals surface area contributed by atoms with Gasteiger partial charge in [0.15, 0.2) is 17.7 Å². The van der Waals surface area contributed by atoms with Gasteiger partial charge in [0.25, 0.3) is 0 Å². The van der Waals surface area contributed by atoms with Gasteiger partial charge in [0.05, 0.1) is 30.9 Å². The largest absolute Gasteiger partial charge is 0.507 e. The fourth-order valence-corrected chi connectivity index (χ4v) is 4.50. The summed E-state index contributed by atoms with van der Waals surface area (Å²) in [5.41, 5.74) is 1.68. The van der Waals surface area contributed by atoms with Gasteiger partial charge >= 0.3 is 11.9 Å². The first-order chi connectivity index (χ1) is 26.4. The number of ketones is 2. The van der Waals surface area contributed by atoms with Crippen molar-refractivity contribution in [3.05, 3.63) is 144 Å². The van der Waals surface area contributed by atoms with E-state index in [4.69, 9.17) is 28.4 Å². The molecule has 12 heteroatoms. The third-order valence-electron chi connectivity index (χ3n) is 7.38. The van der Waals surface area contributed by atoms with Gasteiger partial charge in [-0.05, 0) is 45.0 Å². The Labute approximate surface area is 320 Å². The van der Waals surface area contributed by atoms with Crippen LogP contribution in [0.1, 0.15) is 52.6 Å². The van der Waals surface area contributed by atoms with Gasteiger partial charge in [-0.2, -0.15) is 0 Å². The van der Waals surface area contributed by atoms with E-state index in [2.05, 4.69) is 13.2 Å². The zero-order chi connectivity index (χ0) is 40.2. The molecule has 4 rings (SSSR count). The molecule has 12 nitrogen and oxygen atoms in total. The van der Waals surface area contributed by atoms with Crippen molar-refractivity contribution in [2.24, 2.45) is 0 Å². The van der Waals surface area contributed by atoms with Crippen molar-refractivity contribution < 1.29 is 57.8 Å². The zero-order valence-corrected chi connectivity index (χ0v) is 31.2.